The van der Waals surface area contributed by atoms with Gasteiger partial charge < -0.3 is 10.0 Å². The van der Waals surface area contributed by atoms with E-state index in [1.807, 2.05) is 18.2 Å². The van der Waals surface area contributed by atoms with Crippen molar-refractivity contribution in [1.29, 1.82) is 0 Å². The minimum absolute atomic E-state index is 0.259. The number of hydrogen-bond donors (Lipinski definition) is 1. The quantitative estimate of drug-likeness (QED) is 0.723. The largest absolute Gasteiger partial charge is 0.395 e. The first-order valence-electron chi connectivity index (χ1n) is 10.6. The highest BCUT2D eigenvalue weighted by atomic mass is 16.3. The Hall–Kier alpha value is -2.57. The predicted octanol–water partition coefficient (Wildman–Crippen LogP) is 3.12. The molecular formula is C23H27N5O. The molecule has 6 heteroatoms. The van der Waals surface area contributed by atoms with E-state index >= 15 is 0 Å². The van der Waals surface area contributed by atoms with Gasteiger partial charge in [0.1, 0.15) is 5.82 Å². The molecule has 4 heterocycles. The molecular weight excluding hydrogens is 362 g/mol. The van der Waals surface area contributed by atoms with E-state index in [1.54, 1.807) is 12.4 Å². The van der Waals surface area contributed by atoms with Crippen LogP contribution in [0.2, 0.25) is 0 Å². The van der Waals surface area contributed by atoms with Crippen molar-refractivity contribution in [2.75, 3.05) is 31.1 Å². The van der Waals surface area contributed by atoms with E-state index in [4.69, 9.17) is 9.97 Å². The molecule has 5 rings (SSSR count). The summed E-state index contributed by atoms with van der Waals surface area (Å²) in [6.07, 6.45) is 8.19. The summed E-state index contributed by atoms with van der Waals surface area (Å²) < 4.78 is 0. The number of aliphatic hydroxyl groups is 1. The summed E-state index contributed by atoms with van der Waals surface area (Å²) in [4.78, 5) is 18.9. The van der Waals surface area contributed by atoms with Crippen LogP contribution in [0.5, 0.6) is 0 Å². The molecule has 0 bridgehead atoms. The molecule has 6 nitrogen and oxygen atoms in total. The van der Waals surface area contributed by atoms with Gasteiger partial charge in [-0.05, 0) is 56.5 Å². The fraction of sp³-hybridized carbons (Fsp3) is 0.435. The lowest BCUT2D eigenvalue weighted by Gasteiger charge is -2.32. The van der Waals surface area contributed by atoms with Gasteiger partial charge in [0.05, 0.1) is 12.1 Å². The first kappa shape index (κ1) is 18.5. The number of aromatic nitrogens is 3. The SMILES string of the molecule is OCC1CCCN1CC1CCCN1c1nc(-c2ccncc2)nc2ccccc12. The molecule has 1 aromatic carbocycles. The molecule has 2 fully saturated rings. The highest BCUT2D eigenvalue weighted by molar-refractivity contribution is 5.91. The standard InChI is InChI=1S/C23H27N5O/c29-16-19-6-3-13-27(19)15-18-5-4-14-28(18)23-20-7-1-2-8-21(20)25-22(26-23)17-9-11-24-12-10-17/h1-2,7-12,18-19,29H,3-6,13-16H2. The van der Waals surface area contributed by atoms with E-state index in [1.165, 1.54) is 12.8 Å². The zero-order chi connectivity index (χ0) is 19.6. The van der Waals surface area contributed by atoms with Gasteiger partial charge in [0.25, 0.3) is 0 Å². The van der Waals surface area contributed by atoms with Crippen molar-refractivity contribution in [3.8, 4) is 11.4 Å². The van der Waals surface area contributed by atoms with E-state index in [0.717, 1.165) is 60.6 Å². The average molecular weight is 390 g/mol. The molecule has 150 valence electrons. The lowest BCUT2D eigenvalue weighted by molar-refractivity contribution is 0.153. The summed E-state index contributed by atoms with van der Waals surface area (Å²) in [7, 11) is 0. The van der Waals surface area contributed by atoms with Gasteiger partial charge in [0, 0.05) is 48.5 Å². The lowest BCUT2D eigenvalue weighted by Crippen LogP contribution is -2.43. The molecule has 2 saturated heterocycles. The molecule has 0 saturated carbocycles. The fourth-order valence-corrected chi connectivity index (χ4v) is 4.83. The van der Waals surface area contributed by atoms with Gasteiger partial charge in [-0.25, -0.2) is 9.97 Å². The smallest absolute Gasteiger partial charge is 0.162 e. The molecule has 3 aromatic rings. The maximum absolute atomic E-state index is 9.72. The van der Waals surface area contributed by atoms with Crippen molar-refractivity contribution in [3.63, 3.8) is 0 Å². The van der Waals surface area contributed by atoms with Crippen LogP contribution in [0.1, 0.15) is 25.7 Å². The first-order chi connectivity index (χ1) is 14.3. The van der Waals surface area contributed by atoms with E-state index in [0.29, 0.717) is 12.1 Å². The van der Waals surface area contributed by atoms with Crippen LogP contribution >= 0.6 is 0 Å². The normalized spacial score (nSPS) is 22.6. The Bertz CT molecular complexity index is 979. The molecule has 1 N–H and O–H groups in total. The average Bonchev–Trinajstić information content (AvgIpc) is 3.43. The van der Waals surface area contributed by atoms with Gasteiger partial charge >= 0.3 is 0 Å². The van der Waals surface area contributed by atoms with Crippen molar-refractivity contribution >= 4 is 16.7 Å². The molecule has 2 aromatic heterocycles. The Morgan fingerprint density at radius 3 is 2.59 bits per heavy atom. The third-order valence-electron chi connectivity index (χ3n) is 6.33. The van der Waals surface area contributed by atoms with Crippen LogP contribution in [0.25, 0.3) is 22.3 Å². The second-order valence-electron chi connectivity index (χ2n) is 8.09. The van der Waals surface area contributed by atoms with Crippen molar-refractivity contribution in [2.24, 2.45) is 0 Å². The summed E-state index contributed by atoms with van der Waals surface area (Å²) in [6.45, 7) is 3.35. The number of pyridine rings is 1. The maximum atomic E-state index is 9.72. The summed E-state index contributed by atoms with van der Waals surface area (Å²) in [5.41, 5.74) is 1.96. The van der Waals surface area contributed by atoms with Crippen molar-refractivity contribution < 1.29 is 5.11 Å². The van der Waals surface area contributed by atoms with Gasteiger partial charge in [-0.2, -0.15) is 0 Å². The number of nitrogens with zero attached hydrogens (tertiary/aromatic N) is 5. The molecule has 29 heavy (non-hydrogen) atoms. The molecule has 2 aliphatic heterocycles. The highest BCUT2D eigenvalue weighted by Gasteiger charge is 2.32. The molecule has 0 spiro atoms. The summed E-state index contributed by atoms with van der Waals surface area (Å²) in [5, 5.41) is 10.8. The summed E-state index contributed by atoms with van der Waals surface area (Å²) in [5.74, 6) is 1.78. The molecule has 2 unspecified atom stereocenters. The number of aliphatic hydroxyl groups excluding tert-OH is 1. The molecule has 0 amide bonds. The van der Waals surface area contributed by atoms with E-state index in [-0.39, 0.29) is 6.61 Å². The summed E-state index contributed by atoms with van der Waals surface area (Å²) in [6, 6.07) is 13.0. The Morgan fingerprint density at radius 2 is 1.72 bits per heavy atom. The van der Waals surface area contributed by atoms with Crippen LogP contribution in [0.15, 0.2) is 48.8 Å². The second-order valence-corrected chi connectivity index (χ2v) is 8.09. The third-order valence-corrected chi connectivity index (χ3v) is 6.33. The van der Waals surface area contributed by atoms with Gasteiger partial charge in [-0.1, -0.05) is 12.1 Å². The molecule has 0 aliphatic carbocycles. The number of likely N-dealkylation sites (tertiary alicyclic amines) is 1. The number of anilines is 1. The van der Waals surface area contributed by atoms with E-state index in [9.17, 15) is 5.11 Å². The third kappa shape index (κ3) is 3.58. The molecule has 2 atom stereocenters. The summed E-state index contributed by atoms with van der Waals surface area (Å²) >= 11 is 0. The van der Waals surface area contributed by atoms with Crippen LogP contribution in [-0.4, -0.2) is 63.3 Å². The first-order valence-corrected chi connectivity index (χ1v) is 10.6. The highest BCUT2D eigenvalue weighted by Crippen LogP contribution is 2.33. The van der Waals surface area contributed by atoms with Crippen molar-refractivity contribution in [3.05, 3.63) is 48.8 Å². The van der Waals surface area contributed by atoms with Crippen LogP contribution in [0, 0.1) is 0 Å². The maximum Gasteiger partial charge on any atom is 0.162 e. The van der Waals surface area contributed by atoms with Gasteiger partial charge in [-0.3, -0.25) is 9.88 Å². The number of benzene rings is 1. The van der Waals surface area contributed by atoms with Crippen LogP contribution in [0.4, 0.5) is 5.82 Å². The van der Waals surface area contributed by atoms with Crippen LogP contribution in [-0.2, 0) is 0 Å². The predicted molar refractivity (Wildman–Crippen MR) is 115 cm³/mol. The van der Waals surface area contributed by atoms with Crippen molar-refractivity contribution in [1.82, 2.24) is 19.9 Å². The second kappa shape index (κ2) is 8.05. The minimum Gasteiger partial charge on any atom is -0.395 e. The van der Waals surface area contributed by atoms with Crippen molar-refractivity contribution in [2.45, 2.75) is 37.8 Å². The van der Waals surface area contributed by atoms with Crippen LogP contribution < -0.4 is 4.90 Å². The lowest BCUT2D eigenvalue weighted by atomic mass is 10.1. The Balaban J connectivity index is 1.52. The Morgan fingerprint density at radius 1 is 0.931 bits per heavy atom. The van der Waals surface area contributed by atoms with Gasteiger partial charge in [-0.15, -0.1) is 0 Å². The van der Waals surface area contributed by atoms with Crippen LogP contribution in [0.3, 0.4) is 0 Å². The Labute approximate surface area is 171 Å². The number of rotatable bonds is 5. The monoisotopic (exact) mass is 389 g/mol. The zero-order valence-corrected chi connectivity index (χ0v) is 16.6. The van der Waals surface area contributed by atoms with E-state index in [2.05, 4.69) is 33.0 Å². The topological polar surface area (TPSA) is 65.4 Å². The minimum atomic E-state index is 0.259. The van der Waals surface area contributed by atoms with Gasteiger partial charge in [0.15, 0.2) is 5.82 Å². The zero-order valence-electron chi connectivity index (χ0n) is 16.6. The Kier molecular flexibility index (Phi) is 5.12. The molecule has 2 aliphatic rings. The number of fused-ring (bicyclic) bond motifs is 1. The van der Waals surface area contributed by atoms with Gasteiger partial charge in [0.2, 0.25) is 0 Å². The fourth-order valence-electron chi connectivity index (χ4n) is 4.83. The molecule has 0 radical (unpaired) electrons. The number of para-hydroxylation sites is 1. The number of hydrogen-bond acceptors (Lipinski definition) is 6. The van der Waals surface area contributed by atoms with E-state index < -0.39 is 0 Å².